The topological polar surface area (TPSA) is 101 Å². The van der Waals surface area contributed by atoms with E-state index in [1.54, 1.807) is 18.1 Å². The molecule has 2 aromatic rings. The van der Waals surface area contributed by atoms with Crippen molar-refractivity contribution in [3.63, 3.8) is 0 Å². The molecule has 0 bridgehead atoms. The van der Waals surface area contributed by atoms with Gasteiger partial charge in [0.1, 0.15) is 17.5 Å². The van der Waals surface area contributed by atoms with E-state index in [0.717, 1.165) is 18.8 Å². The first kappa shape index (κ1) is 15.4. The van der Waals surface area contributed by atoms with Gasteiger partial charge in [-0.2, -0.15) is 5.26 Å². The third kappa shape index (κ3) is 3.20. The van der Waals surface area contributed by atoms with Gasteiger partial charge in [-0.25, -0.2) is 9.97 Å². The van der Waals surface area contributed by atoms with Gasteiger partial charge < -0.3 is 9.47 Å². The predicted molar refractivity (Wildman–Crippen MR) is 80.5 cm³/mol. The Morgan fingerprint density at radius 1 is 1.45 bits per heavy atom. The summed E-state index contributed by atoms with van der Waals surface area (Å²) >= 11 is 0. The molecular formula is C14H16N6O2. The number of hydrogen-bond donors (Lipinski definition) is 0. The monoisotopic (exact) mass is 300 g/mol. The van der Waals surface area contributed by atoms with Gasteiger partial charge in [0.25, 0.3) is 0 Å². The zero-order chi connectivity index (χ0) is 16.1. The number of rotatable bonds is 6. The molecule has 0 amide bonds. The Balaban J connectivity index is 2.10. The number of hydrogen-bond acceptors (Lipinski definition) is 6. The number of aryl methyl sites for hydroxylation is 2. The third-order valence-electron chi connectivity index (χ3n) is 3.39. The van der Waals surface area contributed by atoms with Crippen molar-refractivity contribution >= 4 is 11.5 Å². The maximum atomic E-state index is 11.2. The molecule has 0 radical (unpaired) electrons. The highest BCUT2D eigenvalue weighted by atomic mass is 16.6. The van der Waals surface area contributed by atoms with Gasteiger partial charge in [-0.1, -0.05) is 0 Å². The molecule has 0 aliphatic carbocycles. The van der Waals surface area contributed by atoms with E-state index in [1.165, 1.54) is 12.3 Å². The van der Waals surface area contributed by atoms with Crippen LogP contribution in [0.3, 0.4) is 0 Å². The average Bonchev–Trinajstić information content (AvgIpc) is 2.91. The first-order chi connectivity index (χ1) is 10.5. The van der Waals surface area contributed by atoms with E-state index < -0.39 is 4.92 Å². The molecule has 0 saturated heterocycles. The van der Waals surface area contributed by atoms with Gasteiger partial charge in [-0.05, 0) is 19.4 Å². The number of aromatic nitrogens is 3. The van der Waals surface area contributed by atoms with Crippen LogP contribution in [0.25, 0.3) is 0 Å². The van der Waals surface area contributed by atoms with Gasteiger partial charge in [-0.15, -0.1) is 0 Å². The second-order valence-electron chi connectivity index (χ2n) is 4.84. The summed E-state index contributed by atoms with van der Waals surface area (Å²) in [6.45, 7) is 3.27. The minimum absolute atomic E-state index is 0.0207. The van der Waals surface area contributed by atoms with Crippen LogP contribution in [0.4, 0.5) is 11.5 Å². The van der Waals surface area contributed by atoms with Crippen LogP contribution in [0.15, 0.2) is 24.7 Å². The summed E-state index contributed by atoms with van der Waals surface area (Å²) in [6, 6.07) is 3.19. The predicted octanol–water partition coefficient (Wildman–Crippen LogP) is 1.89. The maximum absolute atomic E-state index is 11.2. The molecule has 8 heteroatoms. The lowest BCUT2D eigenvalue weighted by atomic mass is 10.2. The lowest BCUT2D eigenvalue weighted by Gasteiger charge is -2.18. The van der Waals surface area contributed by atoms with E-state index in [9.17, 15) is 10.1 Å². The zero-order valence-electron chi connectivity index (χ0n) is 12.4. The summed E-state index contributed by atoms with van der Waals surface area (Å²) in [5, 5.41) is 20.2. The molecule has 8 nitrogen and oxygen atoms in total. The molecule has 0 unspecified atom stereocenters. The molecule has 0 aromatic carbocycles. The number of nitriles is 1. The molecule has 2 rings (SSSR count). The number of imidazole rings is 1. The highest BCUT2D eigenvalue weighted by Gasteiger charge is 2.23. The van der Waals surface area contributed by atoms with Crippen molar-refractivity contribution in [3.8, 4) is 6.07 Å². The highest BCUT2D eigenvalue weighted by molar-refractivity contribution is 5.65. The van der Waals surface area contributed by atoms with E-state index in [2.05, 4.69) is 9.97 Å². The lowest BCUT2D eigenvalue weighted by Crippen LogP contribution is -2.22. The minimum atomic E-state index is -0.558. The van der Waals surface area contributed by atoms with Crippen molar-refractivity contribution in [3.05, 3.63) is 46.2 Å². The third-order valence-corrected chi connectivity index (χ3v) is 3.39. The minimum Gasteiger partial charge on any atom is -0.354 e. The summed E-state index contributed by atoms with van der Waals surface area (Å²) in [5.41, 5.74) is -0.224. The van der Waals surface area contributed by atoms with E-state index in [0.29, 0.717) is 6.54 Å². The van der Waals surface area contributed by atoms with Crippen LogP contribution in [0.5, 0.6) is 0 Å². The fraction of sp³-hybridized carbons (Fsp3) is 0.357. The first-order valence-corrected chi connectivity index (χ1v) is 6.77. The summed E-state index contributed by atoms with van der Waals surface area (Å²) in [5.74, 6) is 1.14. The average molecular weight is 300 g/mol. The van der Waals surface area contributed by atoms with Crippen LogP contribution >= 0.6 is 0 Å². The molecule has 2 heterocycles. The van der Waals surface area contributed by atoms with Crippen molar-refractivity contribution in [2.45, 2.75) is 19.9 Å². The van der Waals surface area contributed by atoms with Crippen molar-refractivity contribution in [2.75, 3.05) is 18.5 Å². The molecule has 0 saturated carbocycles. The van der Waals surface area contributed by atoms with Crippen molar-refractivity contribution in [1.29, 1.82) is 5.26 Å². The smallest absolute Gasteiger partial charge is 0.329 e. The molecule has 2 aromatic heterocycles. The Kier molecular flexibility index (Phi) is 4.68. The summed E-state index contributed by atoms with van der Waals surface area (Å²) in [4.78, 5) is 20.5. The Morgan fingerprint density at radius 3 is 2.82 bits per heavy atom. The van der Waals surface area contributed by atoms with Gasteiger partial charge >= 0.3 is 5.69 Å². The number of pyridine rings is 1. The van der Waals surface area contributed by atoms with E-state index in [4.69, 9.17) is 5.26 Å². The Labute approximate surface area is 127 Å². The Morgan fingerprint density at radius 2 is 2.23 bits per heavy atom. The second kappa shape index (κ2) is 6.67. The van der Waals surface area contributed by atoms with Gasteiger partial charge in [0.2, 0.25) is 5.82 Å². The van der Waals surface area contributed by atoms with Gasteiger partial charge in [0, 0.05) is 38.7 Å². The van der Waals surface area contributed by atoms with E-state index in [-0.39, 0.29) is 17.1 Å². The van der Waals surface area contributed by atoms with Crippen LogP contribution in [-0.4, -0.2) is 33.1 Å². The lowest BCUT2D eigenvalue weighted by molar-refractivity contribution is -0.384. The summed E-state index contributed by atoms with van der Waals surface area (Å²) in [6.07, 6.45) is 5.83. The Bertz CT molecular complexity index is 718. The van der Waals surface area contributed by atoms with Crippen LogP contribution in [0.2, 0.25) is 0 Å². The van der Waals surface area contributed by atoms with Crippen LogP contribution in [0, 0.1) is 28.4 Å². The van der Waals surface area contributed by atoms with E-state index >= 15 is 0 Å². The maximum Gasteiger partial charge on any atom is 0.329 e. The summed E-state index contributed by atoms with van der Waals surface area (Å²) < 4.78 is 2.02. The number of anilines is 1. The van der Waals surface area contributed by atoms with Gasteiger partial charge in [0.05, 0.1) is 4.92 Å². The van der Waals surface area contributed by atoms with Crippen molar-refractivity contribution in [2.24, 2.45) is 0 Å². The van der Waals surface area contributed by atoms with Crippen LogP contribution in [-0.2, 0) is 6.54 Å². The summed E-state index contributed by atoms with van der Waals surface area (Å²) in [7, 11) is 1.73. The quantitative estimate of drug-likeness (QED) is 0.596. The molecule has 22 heavy (non-hydrogen) atoms. The Hall–Kier alpha value is -2.95. The number of nitro groups is 1. The molecule has 0 aliphatic heterocycles. The molecule has 0 atom stereocenters. The SMILES string of the molecule is Cc1nccn1CCCN(C)c1nccc(C#N)c1[N+](=O)[O-]. The fourth-order valence-electron chi connectivity index (χ4n) is 2.22. The standard InChI is InChI=1S/C14H16N6O2/c1-11-16-6-9-19(11)8-3-7-18(2)14-13(20(21)22)12(10-15)4-5-17-14/h4-6,9H,3,7-8H2,1-2H3. The van der Waals surface area contributed by atoms with Crippen molar-refractivity contribution in [1.82, 2.24) is 14.5 Å². The normalized spacial score (nSPS) is 10.2. The molecule has 0 N–H and O–H groups in total. The van der Waals surface area contributed by atoms with Crippen molar-refractivity contribution < 1.29 is 4.92 Å². The molecule has 0 spiro atoms. The first-order valence-electron chi connectivity index (χ1n) is 6.77. The second-order valence-corrected chi connectivity index (χ2v) is 4.84. The molecular weight excluding hydrogens is 284 g/mol. The number of nitrogens with zero attached hydrogens (tertiary/aromatic N) is 6. The fourth-order valence-corrected chi connectivity index (χ4v) is 2.22. The van der Waals surface area contributed by atoms with E-state index in [1.807, 2.05) is 23.8 Å². The highest BCUT2D eigenvalue weighted by Crippen LogP contribution is 2.28. The zero-order valence-corrected chi connectivity index (χ0v) is 12.4. The van der Waals surface area contributed by atoms with Crippen LogP contribution in [0.1, 0.15) is 17.8 Å². The molecule has 0 aliphatic rings. The van der Waals surface area contributed by atoms with Gasteiger partial charge in [-0.3, -0.25) is 10.1 Å². The van der Waals surface area contributed by atoms with Crippen LogP contribution < -0.4 is 4.90 Å². The van der Waals surface area contributed by atoms with Gasteiger partial charge in [0.15, 0.2) is 0 Å². The largest absolute Gasteiger partial charge is 0.354 e. The molecule has 114 valence electrons. The molecule has 0 fully saturated rings.